The Morgan fingerprint density at radius 1 is 1.21 bits per heavy atom. The Morgan fingerprint density at radius 3 is 2.47 bits per heavy atom. The van der Waals surface area contributed by atoms with Crippen LogP contribution in [0.3, 0.4) is 0 Å². The Hall–Kier alpha value is -1.57. The molecule has 0 heterocycles. The zero-order chi connectivity index (χ0) is 14.1. The van der Waals surface area contributed by atoms with E-state index in [4.69, 9.17) is 14.7 Å². The van der Waals surface area contributed by atoms with E-state index < -0.39 is 0 Å². The molecule has 0 aliphatic carbocycles. The van der Waals surface area contributed by atoms with Crippen LogP contribution in [0.1, 0.15) is 32.4 Å². The van der Waals surface area contributed by atoms with Gasteiger partial charge in [-0.1, -0.05) is 12.1 Å². The van der Waals surface area contributed by atoms with Crippen molar-refractivity contribution >= 4 is 0 Å². The van der Waals surface area contributed by atoms with Crippen LogP contribution in [0.4, 0.5) is 0 Å². The van der Waals surface area contributed by atoms with Gasteiger partial charge in [0.1, 0.15) is 11.8 Å². The van der Waals surface area contributed by atoms with Crippen LogP contribution >= 0.6 is 0 Å². The zero-order valence-electron chi connectivity index (χ0n) is 11.8. The first-order chi connectivity index (χ1) is 9.13. The van der Waals surface area contributed by atoms with E-state index in [1.165, 1.54) is 5.56 Å². The summed E-state index contributed by atoms with van der Waals surface area (Å²) in [6.45, 7) is 7.80. The van der Waals surface area contributed by atoms with E-state index in [9.17, 15) is 0 Å². The third-order valence-corrected chi connectivity index (χ3v) is 2.69. The monoisotopic (exact) mass is 262 g/mol. The number of nitrogens with one attached hydrogen (secondary N) is 1. The topological polar surface area (TPSA) is 54.3 Å². The minimum atomic E-state index is 0.0830. The summed E-state index contributed by atoms with van der Waals surface area (Å²) in [6, 6.07) is 10.00. The molecule has 0 spiro atoms. The summed E-state index contributed by atoms with van der Waals surface area (Å²) < 4.78 is 10.7. The molecule has 1 N–H and O–H groups in total. The average Bonchev–Trinajstić information content (AvgIpc) is 2.41. The van der Waals surface area contributed by atoms with Gasteiger partial charge in [-0.3, -0.25) is 0 Å². The van der Waals surface area contributed by atoms with E-state index in [0.29, 0.717) is 6.61 Å². The second-order valence-corrected chi connectivity index (χ2v) is 4.61. The summed E-state index contributed by atoms with van der Waals surface area (Å²) in [5, 5.41) is 11.8. The van der Waals surface area contributed by atoms with Crippen molar-refractivity contribution < 1.29 is 9.47 Å². The maximum atomic E-state index is 8.43. The highest BCUT2D eigenvalue weighted by atomic mass is 16.5. The van der Waals surface area contributed by atoms with E-state index in [-0.39, 0.29) is 18.8 Å². The van der Waals surface area contributed by atoms with Crippen LogP contribution < -0.4 is 10.1 Å². The van der Waals surface area contributed by atoms with Crippen molar-refractivity contribution in [3.8, 4) is 11.8 Å². The Morgan fingerprint density at radius 2 is 1.89 bits per heavy atom. The van der Waals surface area contributed by atoms with Crippen molar-refractivity contribution in [1.82, 2.24) is 5.32 Å². The van der Waals surface area contributed by atoms with Gasteiger partial charge < -0.3 is 14.8 Å². The normalized spacial score (nSPS) is 12.2. The Balaban J connectivity index is 2.36. The van der Waals surface area contributed by atoms with E-state index in [1.54, 1.807) is 0 Å². The summed E-state index contributed by atoms with van der Waals surface area (Å²) in [5.74, 6) is 0.723. The molecule has 1 aromatic rings. The predicted molar refractivity (Wildman–Crippen MR) is 75.1 cm³/mol. The van der Waals surface area contributed by atoms with Gasteiger partial charge in [0.2, 0.25) is 0 Å². The van der Waals surface area contributed by atoms with Gasteiger partial charge in [0.15, 0.2) is 6.61 Å². The molecule has 104 valence electrons. The quantitative estimate of drug-likeness (QED) is 0.732. The number of hydrogen-bond donors (Lipinski definition) is 1. The lowest BCUT2D eigenvalue weighted by Crippen LogP contribution is -2.24. The molecule has 0 fully saturated rings. The third-order valence-electron chi connectivity index (χ3n) is 2.69. The zero-order valence-corrected chi connectivity index (χ0v) is 11.8. The van der Waals surface area contributed by atoms with Crippen LogP contribution in [0.5, 0.6) is 5.75 Å². The molecule has 0 aliphatic rings. The summed E-state index contributed by atoms with van der Waals surface area (Å²) in [5.41, 5.74) is 1.19. The first kappa shape index (κ1) is 15.5. The minimum Gasteiger partial charge on any atom is -0.479 e. The highest BCUT2D eigenvalue weighted by Crippen LogP contribution is 2.17. The maximum absolute atomic E-state index is 8.43. The van der Waals surface area contributed by atoms with Crippen molar-refractivity contribution in [3.63, 3.8) is 0 Å². The van der Waals surface area contributed by atoms with E-state index in [1.807, 2.05) is 44.2 Å². The largest absolute Gasteiger partial charge is 0.479 e. The molecule has 0 amide bonds. The SMILES string of the molecule is CC(C)OCCNC(C)c1ccc(OCC#N)cc1. The molecule has 0 aromatic heterocycles. The molecule has 0 aliphatic heterocycles. The molecule has 1 aromatic carbocycles. The Labute approximate surface area is 115 Å². The van der Waals surface area contributed by atoms with Crippen LogP contribution in [-0.2, 0) is 4.74 Å². The molecule has 4 nitrogen and oxygen atoms in total. The van der Waals surface area contributed by atoms with Crippen molar-refractivity contribution in [2.75, 3.05) is 19.8 Å². The molecular formula is C15H22N2O2. The maximum Gasteiger partial charge on any atom is 0.174 e. The highest BCUT2D eigenvalue weighted by Gasteiger charge is 2.04. The Kier molecular flexibility index (Phi) is 6.94. The number of hydrogen-bond acceptors (Lipinski definition) is 4. The highest BCUT2D eigenvalue weighted by molar-refractivity contribution is 5.29. The molecular weight excluding hydrogens is 240 g/mol. The summed E-state index contributed by atoms with van der Waals surface area (Å²) in [7, 11) is 0. The number of benzene rings is 1. The van der Waals surface area contributed by atoms with Gasteiger partial charge in [-0.2, -0.15) is 5.26 Å². The van der Waals surface area contributed by atoms with Gasteiger partial charge >= 0.3 is 0 Å². The van der Waals surface area contributed by atoms with Gasteiger partial charge in [0.25, 0.3) is 0 Å². The fourth-order valence-corrected chi connectivity index (χ4v) is 1.66. The lowest BCUT2D eigenvalue weighted by molar-refractivity contribution is 0.0796. The molecule has 1 atom stereocenters. The molecule has 0 bridgehead atoms. The second kappa shape index (κ2) is 8.52. The Bertz CT molecular complexity index is 396. The van der Waals surface area contributed by atoms with E-state index >= 15 is 0 Å². The van der Waals surface area contributed by atoms with Crippen molar-refractivity contribution in [2.24, 2.45) is 0 Å². The molecule has 0 radical (unpaired) electrons. The number of nitriles is 1. The lowest BCUT2D eigenvalue weighted by atomic mass is 10.1. The van der Waals surface area contributed by atoms with Gasteiger partial charge in [0.05, 0.1) is 12.7 Å². The smallest absolute Gasteiger partial charge is 0.174 e. The fourth-order valence-electron chi connectivity index (χ4n) is 1.66. The lowest BCUT2D eigenvalue weighted by Gasteiger charge is -2.15. The molecule has 0 saturated carbocycles. The first-order valence-corrected chi connectivity index (χ1v) is 6.58. The van der Waals surface area contributed by atoms with E-state index in [0.717, 1.165) is 12.3 Å². The molecule has 0 saturated heterocycles. The minimum absolute atomic E-state index is 0.0830. The van der Waals surface area contributed by atoms with Crippen LogP contribution in [0.25, 0.3) is 0 Å². The fraction of sp³-hybridized carbons (Fsp3) is 0.533. The van der Waals surface area contributed by atoms with Gasteiger partial charge in [-0.25, -0.2) is 0 Å². The third kappa shape index (κ3) is 6.23. The van der Waals surface area contributed by atoms with Crippen LogP contribution in [0, 0.1) is 11.3 Å². The number of rotatable bonds is 8. The van der Waals surface area contributed by atoms with Crippen LogP contribution in [0.2, 0.25) is 0 Å². The molecule has 19 heavy (non-hydrogen) atoms. The molecule has 4 heteroatoms. The first-order valence-electron chi connectivity index (χ1n) is 6.58. The van der Waals surface area contributed by atoms with Gasteiger partial charge in [-0.05, 0) is 38.5 Å². The van der Waals surface area contributed by atoms with E-state index in [2.05, 4.69) is 12.2 Å². The average molecular weight is 262 g/mol. The number of nitrogens with zero attached hydrogens (tertiary/aromatic N) is 1. The van der Waals surface area contributed by atoms with Crippen LogP contribution in [0.15, 0.2) is 24.3 Å². The summed E-state index contributed by atoms with van der Waals surface area (Å²) >= 11 is 0. The standard InChI is InChI=1S/C15H22N2O2/c1-12(2)18-11-9-17-13(3)14-4-6-15(7-5-14)19-10-8-16/h4-7,12-13,17H,9-11H2,1-3H3. The predicted octanol–water partition coefficient (Wildman–Crippen LogP) is 2.66. The summed E-state index contributed by atoms with van der Waals surface area (Å²) in [4.78, 5) is 0. The second-order valence-electron chi connectivity index (χ2n) is 4.61. The van der Waals surface area contributed by atoms with Crippen molar-refractivity contribution in [1.29, 1.82) is 5.26 Å². The molecule has 1 rings (SSSR count). The van der Waals surface area contributed by atoms with Crippen molar-refractivity contribution in [2.45, 2.75) is 32.9 Å². The molecule has 1 unspecified atom stereocenters. The van der Waals surface area contributed by atoms with Gasteiger partial charge in [-0.15, -0.1) is 0 Å². The van der Waals surface area contributed by atoms with Crippen molar-refractivity contribution in [3.05, 3.63) is 29.8 Å². The number of ether oxygens (including phenoxy) is 2. The van der Waals surface area contributed by atoms with Crippen LogP contribution in [-0.4, -0.2) is 25.9 Å². The van der Waals surface area contributed by atoms with Gasteiger partial charge in [0, 0.05) is 12.6 Å². The summed E-state index contributed by atoms with van der Waals surface area (Å²) in [6.07, 6.45) is 0.272.